The van der Waals surface area contributed by atoms with Crippen molar-refractivity contribution in [2.75, 3.05) is 30.8 Å². The summed E-state index contributed by atoms with van der Waals surface area (Å²) in [5.41, 5.74) is 6.52. The maximum Gasteiger partial charge on any atom is 0.242 e. The highest BCUT2D eigenvalue weighted by atomic mass is 16.5. The van der Waals surface area contributed by atoms with Crippen LogP contribution in [0.15, 0.2) is 6.33 Å². The number of ether oxygens (including phenoxy) is 1. The molecule has 1 aliphatic heterocycles. The van der Waals surface area contributed by atoms with Crippen LogP contribution in [0, 0.1) is 5.92 Å². The summed E-state index contributed by atoms with van der Waals surface area (Å²) in [5.74, 6) is 1.95. The summed E-state index contributed by atoms with van der Waals surface area (Å²) >= 11 is 0. The molecular weight excluding hydrogens is 204 g/mol. The number of hydrogen-bond donors (Lipinski definition) is 1. The summed E-state index contributed by atoms with van der Waals surface area (Å²) in [4.78, 5) is 10.5. The predicted molar refractivity (Wildman–Crippen MR) is 63.6 cm³/mol. The predicted octanol–water partition coefficient (Wildman–Crippen LogP) is 1.30. The number of nitrogens with zero attached hydrogens (tertiary/aromatic N) is 3. The Kier molecular flexibility index (Phi) is 3.12. The third-order valence-electron chi connectivity index (χ3n) is 2.98. The van der Waals surface area contributed by atoms with E-state index in [9.17, 15) is 0 Å². The number of nitrogens with two attached hydrogens (primary N) is 1. The fraction of sp³-hybridized carbons (Fsp3) is 0.636. The van der Waals surface area contributed by atoms with Crippen molar-refractivity contribution in [2.24, 2.45) is 5.92 Å². The molecule has 2 heterocycles. The Hall–Kier alpha value is -1.52. The standard InChI is InChI=1S/C11H18N4O/c1-8-4-3-5-15(6-8)10-9(12)11(16-2)14-7-13-10/h7-8H,3-6,12H2,1-2H3. The first kappa shape index (κ1) is 11.0. The minimum Gasteiger partial charge on any atom is -0.479 e. The number of piperidine rings is 1. The van der Waals surface area contributed by atoms with Crippen LogP contribution in [0.25, 0.3) is 0 Å². The summed E-state index contributed by atoms with van der Waals surface area (Å²) in [6.07, 6.45) is 3.97. The average Bonchev–Trinajstić information content (AvgIpc) is 2.29. The van der Waals surface area contributed by atoms with E-state index in [2.05, 4.69) is 21.8 Å². The van der Waals surface area contributed by atoms with Gasteiger partial charge in [0.25, 0.3) is 0 Å². The molecule has 5 nitrogen and oxygen atoms in total. The van der Waals surface area contributed by atoms with Crippen molar-refractivity contribution in [2.45, 2.75) is 19.8 Å². The summed E-state index contributed by atoms with van der Waals surface area (Å²) in [6.45, 7) is 4.26. The van der Waals surface area contributed by atoms with E-state index in [1.54, 1.807) is 7.11 Å². The molecule has 0 radical (unpaired) electrons. The molecule has 5 heteroatoms. The molecule has 1 aromatic heterocycles. The second kappa shape index (κ2) is 4.55. The van der Waals surface area contributed by atoms with Gasteiger partial charge < -0.3 is 15.4 Å². The Labute approximate surface area is 95.6 Å². The molecule has 1 fully saturated rings. The maximum absolute atomic E-state index is 5.98. The van der Waals surface area contributed by atoms with Gasteiger partial charge in [0.2, 0.25) is 5.88 Å². The highest BCUT2D eigenvalue weighted by Gasteiger charge is 2.21. The molecule has 1 aliphatic rings. The minimum atomic E-state index is 0.461. The molecular formula is C11H18N4O. The Bertz CT molecular complexity index is 369. The van der Waals surface area contributed by atoms with Crippen molar-refractivity contribution in [3.63, 3.8) is 0 Å². The molecule has 2 rings (SSSR count). The van der Waals surface area contributed by atoms with Crippen LogP contribution in [0.3, 0.4) is 0 Å². The first-order chi connectivity index (χ1) is 7.72. The van der Waals surface area contributed by atoms with E-state index in [1.807, 2.05) is 0 Å². The third-order valence-corrected chi connectivity index (χ3v) is 2.98. The van der Waals surface area contributed by atoms with E-state index in [0.717, 1.165) is 18.9 Å². The number of rotatable bonds is 2. The number of anilines is 2. The van der Waals surface area contributed by atoms with Crippen LogP contribution in [-0.2, 0) is 0 Å². The van der Waals surface area contributed by atoms with Crippen LogP contribution >= 0.6 is 0 Å². The summed E-state index contributed by atoms with van der Waals surface area (Å²) in [7, 11) is 1.57. The van der Waals surface area contributed by atoms with E-state index < -0.39 is 0 Å². The fourth-order valence-electron chi connectivity index (χ4n) is 2.17. The van der Waals surface area contributed by atoms with E-state index >= 15 is 0 Å². The molecule has 0 amide bonds. The van der Waals surface area contributed by atoms with Crippen molar-refractivity contribution in [3.05, 3.63) is 6.33 Å². The van der Waals surface area contributed by atoms with Gasteiger partial charge in [-0.2, -0.15) is 4.98 Å². The van der Waals surface area contributed by atoms with Gasteiger partial charge in [0.05, 0.1) is 7.11 Å². The van der Waals surface area contributed by atoms with Gasteiger partial charge in [0.1, 0.15) is 12.0 Å². The number of methoxy groups -OCH3 is 1. The zero-order valence-electron chi connectivity index (χ0n) is 9.81. The smallest absolute Gasteiger partial charge is 0.242 e. The van der Waals surface area contributed by atoms with E-state index in [0.29, 0.717) is 17.5 Å². The molecule has 0 saturated carbocycles. The zero-order valence-corrected chi connectivity index (χ0v) is 9.81. The van der Waals surface area contributed by atoms with Gasteiger partial charge in [-0.05, 0) is 18.8 Å². The molecule has 0 aromatic carbocycles. The molecule has 88 valence electrons. The first-order valence-corrected chi connectivity index (χ1v) is 5.61. The van der Waals surface area contributed by atoms with Crippen LogP contribution in [0.2, 0.25) is 0 Å². The second-order valence-electron chi connectivity index (χ2n) is 4.31. The molecule has 16 heavy (non-hydrogen) atoms. The number of hydrogen-bond acceptors (Lipinski definition) is 5. The Morgan fingerprint density at radius 2 is 2.31 bits per heavy atom. The SMILES string of the molecule is COc1ncnc(N2CCCC(C)C2)c1N. The molecule has 1 saturated heterocycles. The van der Waals surface area contributed by atoms with Gasteiger partial charge >= 0.3 is 0 Å². The van der Waals surface area contributed by atoms with E-state index in [1.165, 1.54) is 19.2 Å². The average molecular weight is 222 g/mol. The largest absolute Gasteiger partial charge is 0.479 e. The normalized spacial score (nSPS) is 20.9. The third kappa shape index (κ3) is 2.03. The zero-order chi connectivity index (χ0) is 11.5. The molecule has 1 atom stereocenters. The lowest BCUT2D eigenvalue weighted by Gasteiger charge is -2.32. The van der Waals surface area contributed by atoms with Crippen LogP contribution in [0.5, 0.6) is 5.88 Å². The monoisotopic (exact) mass is 222 g/mol. The lowest BCUT2D eigenvalue weighted by atomic mass is 10.0. The van der Waals surface area contributed by atoms with Crippen molar-refractivity contribution in [1.29, 1.82) is 0 Å². The minimum absolute atomic E-state index is 0.461. The van der Waals surface area contributed by atoms with Gasteiger partial charge in [0.15, 0.2) is 5.82 Å². The van der Waals surface area contributed by atoms with Gasteiger partial charge in [-0.25, -0.2) is 4.98 Å². The van der Waals surface area contributed by atoms with Crippen LogP contribution in [0.4, 0.5) is 11.5 Å². The number of nitrogen functional groups attached to an aromatic ring is 1. The topological polar surface area (TPSA) is 64.3 Å². The summed E-state index contributed by atoms with van der Waals surface area (Å²) in [5, 5.41) is 0. The molecule has 0 spiro atoms. The van der Waals surface area contributed by atoms with Crippen LogP contribution in [0.1, 0.15) is 19.8 Å². The molecule has 1 aromatic rings. The Morgan fingerprint density at radius 1 is 1.50 bits per heavy atom. The van der Waals surface area contributed by atoms with Crippen molar-refractivity contribution in [3.8, 4) is 5.88 Å². The van der Waals surface area contributed by atoms with Crippen molar-refractivity contribution in [1.82, 2.24) is 9.97 Å². The maximum atomic E-state index is 5.98. The van der Waals surface area contributed by atoms with Crippen molar-refractivity contribution >= 4 is 11.5 Å². The Balaban J connectivity index is 2.25. The highest BCUT2D eigenvalue weighted by molar-refractivity contribution is 5.67. The van der Waals surface area contributed by atoms with E-state index in [4.69, 9.17) is 10.5 Å². The van der Waals surface area contributed by atoms with E-state index in [-0.39, 0.29) is 0 Å². The summed E-state index contributed by atoms with van der Waals surface area (Å²) in [6, 6.07) is 0. The first-order valence-electron chi connectivity index (χ1n) is 5.61. The number of aromatic nitrogens is 2. The molecule has 0 bridgehead atoms. The van der Waals surface area contributed by atoms with Gasteiger partial charge in [-0.3, -0.25) is 0 Å². The lowest BCUT2D eigenvalue weighted by molar-refractivity contribution is 0.398. The Morgan fingerprint density at radius 3 is 3.00 bits per heavy atom. The van der Waals surface area contributed by atoms with Crippen LogP contribution < -0.4 is 15.4 Å². The quantitative estimate of drug-likeness (QED) is 0.817. The van der Waals surface area contributed by atoms with Gasteiger partial charge in [-0.15, -0.1) is 0 Å². The molecule has 1 unspecified atom stereocenters. The molecule has 0 aliphatic carbocycles. The highest BCUT2D eigenvalue weighted by Crippen LogP contribution is 2.30. The van der Waals surface area contributed by atoms with Gasteiger partial charge in [-0.1, -0.05) is 6.92 Å². The lowest BCUT2D eigenvalue weighted by Crippen LogP contribution is -2.35. The summed E-state index contributed by atoms with van der Waals surface area (Å²) < 4.78 is 5.10. The van der Waals surface area contributed by atoms with Crippen LogP contribution in [-0.4, -0.2) is 30.2 Å². The van der Waals surface area contributed by atoms with Crippen molar-refractivity contribution < 1.29 is 4.74 Å². The molecule has 2 N–H and O–H groups in total. The fourth-order valence-corrected chi connectivity index (χ4v) is 2.17. The van der Waals surface area contributed by atoms with Gasteiger partial charge in [0, 0.05) is 13.1 Å². The second-order valence-corrected chi connectivity index (χ2v) is 4.31.